The molecule has 0 fully saturated rings. The molecule has 41 heavy (non-hydrogen) atoms. The van der Waals surface area contributed by atoms with Crippen molar-refractivity contribution in [3.63, 3.8) is 0 Å². The number of halogens is 1. The number of pyridine rings is 1. The van der Waals surface area contributed by atoms with Gasteiger partial charge in [0.2, 0.25) is 11.3 Å². The zero-order valence-corrected chi connectivity index (χ0v) is 22.3. The van der Waals surface area contributed by atoms with Crippen LogP contribution in [0, 0.1) is 0 Å². The highest BCUT2D eigenvalue weighted by molar-refractivity contribution is 6.30. The van der Waals surface area contributed by atoms with Crippen molar-refractivity contribution in [3.05, 3.63) is 135 Å². The Labute approximate surface area is 239 Å². The molecule has 5 rings (SSSR count). The minimum absolute atomic E-state index is 0.111. The molecule has 2 amide bonds. The van der Waals surface area contributed by atoms with Gasteiger partial charge in [-0.25, -0.2) is 4.79 Å². The Morgan fingerprint density at radius 1 is 0.854 bits per heavy atom. The Balaban J connectivity index is 1.39. The van der Waals surface area contributed by atoms with E-state index in [2.05, 4.69) is 15.6 Å². The van der Waals surface area contributed by atoms with Crippen LogP contribution in [0.1, 0.15) is 26.3 Å². The Bertz CT molecular complexity index is 1800. The van der Waals surface area contributed by atoms with E-state index in [1.807, 2.05) is 42.5 Å². The van der Waals surface area contributed by atoms with Crippen LogP contribution < -0.4 is 16.1 Å². The summed E-state index contributed by atoms with van der Waals surface area (Å²) in [6.07, 6.45) is 1.31. The van der Waals surface area contributed by atoms with Crippen LogP contribution in [-0.2, 0) is 11.2 Å². The fraction of sp³-hybridized carbons (Fsp3) is 0.0625. The number of hydrogen-bond acceptors (Lipinski definition) is 4. The highest BCUT2D eigenvalue weighted by Crippen LogP contribution is 2.20. The van der Waals surface area contributed by atoms with Crippen molar-refractivity contribution in [1.82, 2.24) is 10.3 Å². The number of aromatic carboxylic acids is 1. The van der Waals surface area contributed by atoms with E-state index < -0.39 is 34.8 Å². The van der Waals surface area contributed by atoms with E-state index in [4.69, 9.17) is 11.6 Å². The molecule has 0 aliphatic carbocycles. The molecule has 4 aromatic carbocycles. The van der Waals surface area contributed by atoms with Gasteiger partial charge in [0.1, 0.15) is 11.6 Å². The van der Waals surface area contributed by atoms with Gasteiger partial charge in [-0.2, -0.15) is 0 Å². The van der Waals surface area contributed by atoms with Crippen molar-refractivity contribution in [2.45, 2.75) is 12.5 Å². The van der Waals surface area contributed by atoms with Gasteiger partial charge in [0, 0.05) is 39.8 Å². The number of amides is 2. The zero-order valence-electron chi connectivity index (χ0n) is 21.6. The van der Waals surface area contributed by atoms with E-state index in [0.717, 1.165) is 22.9 Å². The molecule has 1 heterocycles. The Morgan fingerprint density at radius 2 is 1.54 bits per heavy atom. The third-order valence-corrected chi connectivity index (χ3v) is 6.86. The van der Waals surface area contributed by atoms with Gasteiger partial charge in [0.15, 0.2) is 0 Å². The minimum Gasteiger partial charge on any atom is -0.477 e. The lowest BCUT2D eigenvalue weighted by atomic mass is 10.0. The molecule has 0 saturated heterocycles. The maximum Gasteiger partial charge on any atom is 0.341 e. The van der Waals surface area contributed by atoms with E-state index in [9.17, 15) is 24.3 Å². The summed E-state index contributed by atoms with van der Waals surface area (Å²) < 4.78 is 0. The van der Waals surface area contributed by atoms with Crippen molar-refractivity contribution in [2.75, 3.05) is 5.32 Å². The summed E-state index contributed by atoms with van der Waals surface area (Å²) in [6.45, 7) is 0. The van der Waals surface area contributed by atoms with Gasteiger partial charge in [-0.3, -0.25) is 14.4 Å². The molecule has 5 aromatic rings. The molecule has 0 aliphatic heterocycles. The van der Waals surface area contributed by atoms with Crippen molar-refractivity contribution >= 4 is 46.0 Å². The quantitative estimate of drug-likeness (QED) is 0.197. The standard InChI is InChI=1S/C32H24ClN3O5/c33-23-12-6-19(7-13-23)16-28(36-30(38)22-10-8-21(9-11-22)20-4-2-1-3-5-20)31(39)35-24-14-15-27-25(17-24)29(37)26(18-34-27)32(40)41/h1-15,17-18,28H,16H2,(H,34,37)(H,35,39)(H,36,38)(H,40,41)/t28-/m0/s1. The zero-order chi connectivity index (χ0) is 28.9. The number of rotatable bonds is 8. The van der Waals surface area contributed by atoms with Gasteiger partial charge in [-0.1, -0.05) is 66.2 Å². The van der Waals surface area contributed by atoms with Crippen LogP contribution in [0.3, 0.4) is 0 Å². The van der Waals surface area contributed by atoms with Crippen LogP contribution in [0.5, 0.6) is 0 Å². The number of carbonyl (C=O) groups is 3. The Morgan fingerprint density at radius 3 is 2.22 bits per heavy atom. The Hall–Kier alpha value is -5.21. The first-order chi connectivity index (χ1) is 19.8. The monoisotopic (exact) mass is 565 g/mol. The number of anilines is 1. The summed E-state index contributed by atoms with van der Waals surface area (Å²) in [7, 11) is 0. The Kier molecular flexibility index (Phi) is 7.94. The second-order valence-corrected chi connectivity index (χ2v) is 9.82. The lowest BCUT2D eigenvalue weighted by Crippen LogP contribution is -2.45. The largest absolute Gasteiger partial charge is 0.477 e. The van der Waals surface area contributed by atoms with Gasteiger partial charge in [0.05, 0.1) is 0 Å². The molecule has 1 aromatic heterocycles. The lowest BCUT2D eigenvalue weighted by Gasteiger charge is -2.19. The number of H-pyrrole nitrogens is 1. The molecule has 204 valence electrons. The second kappa shape index (κ2) is 11.9. The third kappa shape index (κ3) is 6.34. The van der Waals surface area contributed by atoms with Gasteiger partial charge >= 0.3 is 5.97 Å². The van der Waals surface area contributed by atoms with Gasteiger partial charge in [-0.15, -0.1) is 0 Å². The van der Waals surface area contributed by atoms with Gasteiger partial charge in [-0.05, 0) is 59.2 Å². The second-order valence-electron chi connectivity index (χ2n) is 9.39. The first kappa shape index (κ1) is 27.4. The van der Waals surface area contributed by atoms with E-state index in [1.165, 1.54) is 6.07 Å². The highest BCUT2D eigenvalue weighted by atomic mass is 35.5. The normalized spacial score (nSPS) is 11.5. The predicted octanol–water partition coefficient (Wildman–Crippen LogP) is 5.53. The molecule has 0 bridgehead atoms. The van der Waals surface area contributed by atoms with E-state index in [-0.39, 0.29) is 17.5 Å². The van der Waals surface area contributed by atoms with Crippen LogP contribution in [0.4, 0.5) is 5.69 Å². The third-order valence-electron chi connectivity index (χ3n) is 6.61. The number of nitrogens with one attached hydrogen (secondary N) is 3. The van der Waals surface area contributed by atoms with Crippen molar-refractivity contribution in [2.24, 2.45) is 0 Å². The van der Waals surface area contributed by atoms with E-state index in [1.54, 1.807) is 48.5 Å². The number of carboxylic acids is 1. The summed E-state index contributed by atoms with van der Waals surface area (Å²) in [4.78, 5) is 53.5. The highest BCUT2D eigenvalue weighted by Gasteiger charge is 2.23. The summed E-state index contributed by atoms with van der Waals surface area (Å²) in [5.41, 5.74) is 2.74. The predicted molar refractivity (Wildman–Crippen MR) is 158 cm³/mol. The summed E-state index contributed by atoms with van der Waals surface area (Å²) in [5, 5.41) is 15.5. The fourth-order valence-electron chi connectivity index (χ4n) is 4.44. The van der Waals surface area contributed by atoms with Crippen molar-refractivity contribution in [3.8, 4) is 11.1 Å². The maximum absolute atomic E-state index is 13.5. The lowest BCUT2D eigenvalue weighted by molar-refractivity contribution is -0.118. The molecule has 0 saturated carbocycles. The molecular formula is C32H24ClN3O5. The number of fused-ring (bicyclic) bond motifs is 1. The summed E-state index contributed by atoms with van der Waals surface area (Å²) in [6, 6.07) is 27.4. The molecule has 4 N–H and O–H groups in total. The van der Waals surface area contributed by atoms with Crippen LogP contribution >= 0.6 is 11.6 Å². The van der Waals surface area contributed by atoms with Crippen LogP contribution in [0.2, 0.25) is 5.02 Å². The van der Waals surface area contributed by atoms with Crippen LogP contribution in [0.25, 0.3) is 22.0 Å². The molecule has 8 nitrogen and oxygen atoms in total. The van der Waals surface area contributed by atoms with Crippen LogP contribution in [-0.4, -0.2) is 33.9 Å². The average molecular weight is 566 g/mol. The fourth-order valence-corrected chi connectivity index (χ4v) is 4.56. The van der Waals surface area contributed by atoms with Crippen molar-refractivity contribution < 1.29 is 19.5 Å². The number of carboxylic acid groups (broad SMARTS) is 1. The molecule has 0 aliphatic rings. The first-order valence-corrected chi connectivity index (χ1v) is 13.1. The average Bonchev–Trinajstić information content (AvgIpc) is 2.98. The minimum atomic E-state index is -1.36. The maximum atomic E-state index is 13.5. The van der Waals surface area contributed by atoms with Gasteiger partial charge in [0.25, 0.3) is 5.91 Å². The molecule has 9 heteroatoms. The SMILES string of the molecule is O=C(N[C@@H](Cc1ccc(Cl)cc1)C(=O)Nc1ccc2[nH]cc(C(=O)O)c(=O)c2c1)c1ccc(-c2ccccc2)cc1. The van der Waals surface area contributed by atoms with Crippen molar-refractivity contribution in [1.29, 1.82) is 0 Å². The molecule has 1 atom stereocenters. The number of aromatic nitrogens is 1. The molecule has 0 radical (unpaired) electrons. The topological polar surface area (TPSA) is 128 Å². The number of carbonyl (C=O) groups excluding carboxylic acids is 2. The smallest absolute Gasteiger partial charge is 0.341 e. The first-order valence-electron chi connectivity index (χ1n) is 12.7. The molecular weight excluding hydrogens is 542 g/mol. The number of benzene rings is 4. The number of hydrogen-bond donors (Lipinski definition) is 4. The molecule has 0 spiro atoms. The summed E-state index contributed by atoms with van der Waals surface area (Å²) >= 11 is 6.02. The number of aromatic amines is 1. The van der Waals surface area contributed by atoms with Gasteiger partial charge < -0.3 is 20.7 Å². The van der Waals surface area contributed by atoms with E-state index in [0.29, 0.717) is 16.1 Å². The van der Waals surface area contributed by atoms with Crippen LogP contribution in [0.15, 0.2) is 108 Å². The molecule has 0 unspecified atom stereocenters. The summed E-state index contributed by atoms with van der Waals surface area (Å²) in [5.74, 6) is -2.30. The van der Waals surface area contributed by atoms with E-state index >= 15 is 0 Å².